The predicted molar refractivity (Wildman–Crippen MR) is 113 cm³/mol. The van der Waals surface area contributed by atoms with Gasteiger partial charge < -0.3 is 10.2 Å². The fraction of sp³-hybridized carbons (Fsp3) is 0.368. The molecule has 0 bridgehead atoms. The van der Waals surface area contributed by atoms with E-state index in [2.05, 4.69) is 20.3 Å². The van der Waals surface area contributed by atoms with E-state index in [9.17, 15) is 8.42 Å². The quantitative estimate of drug-likeness (QED) is 0.629. The van der Waals surface area contributed by atoms with Crippen molar-refractivity contribution in [1.29, 1.82) is 0 Å². The summed E-state index contributed by atoms with van der Waals surface area (Å²) in [5.41, 5.74) is 2.09. The van der Waals surface area contributed by atoms with Crippen LogP contribution in [0.25, 0.3) is 5.65 Å². The summed E-state index contributed by atoms with van der Waals surface area (Å²) in [4.78, 5) is 6.98. The Hall–Kier alpha value is -2.16. The number of nitrogens with one attached hydrogen (secondary N) is 1. The zero-order chi connectivity index (χ0) is 19.6. The Balaban J connectivity index is 0.00000280. The number of benzene rings is 1. The first-order valence-corrected chi connectivity index (χ1v) is 10.3. The molecule has 0 fully saturated rings. The van der Waals surface area contributed by atoms with Crippen LogP contribution in [0, 0.1) is 6.92 Å². The molecule has 1 N–H and O–H groups in total. The molecule has 0 unspecified atom stereocenters. The van der Waals surface area contributed by atoms with Gasteiger partial charge in [-0.15, -0.1) is 17.5 Å². The lowest BCUT2D eigenvalue weighted by atomic mass is 10.2. The van der Waals surface area contributed by atoms with E-state index in [-0.39, 0.29) is 22.2 Å². The molecule has 3 rings (SSSR count). The Morgan fingerprint density at radius 1 is 1.18 bits per heavy atom. The van der Waals surface area contributed by atoms with Crippen LogP contribution >= 0.6 is 12.4 Å². The number of hydrogen-bond acceptors (Lipinski definition) is 6. The minimum atomic E-state index is -3.75. The van der Waals surface area contributed by atoms with E-state index in [1.807, 2.05) is 27.1 Å². The molecule has 0 atom stereocenters. The van der Waals surface area contributed by atoms with Crippen LogP contribution in [0.2, 0.25) is 0 Å². The van der Waals surface area contributed by atoms with Crippen LogP contribution < -0.4 is 5.32 Å². The first-order valence-electron chi connectivity index (χ1n) is 8.86. The standard InChI is InChI=1S/C19H25N5O2S.ClH/c1-14-13-15(9-8-12-23(3)4)24-19(21-14)17(18(20-2)22-24)27(25,26)16-10-6-5-7-11-16;/h5-7,10-11,13H,8-9,12H2,1-4H3,(H,20,22);1H. The number of anilines is 1. The molecule has 2 heterocycles. The third-order valence-electron chi connectivity index (χ3n) is 4.35. The second kappa shape index (κ2) is 8.89. The van der Waals surface area contributed by atoms with Crippen molar-refractivity contribution >= 4 is 33.7 Å². The Morgan fingerprint density at radius 2 is 1.86 bits per heavy atom. The first kappa shape index (κ1) is 22.1. The van der Waals surface area contributed by atoms with Crippen LogP contribution in [-0.4, -0.2) is 55.6 Å². The summed E-state index contributed by atoms with van der Waals surface area (Å²) in [5, 5.41) is 7.43. The number of aromatic nitrogens is 3. The SMILES string of the molecule is CNc1nn2c(CCCN(C)C)cc(C)nc2c1S(=O)(=O)c1ccccc1.Cl. The average Bonchev–Trinajstić information content (AvgIpc) is 3.01. The predicted octanol–water partition coefficient (Wildman–Crippen LogP) is 2.83. The number of halogens is 1. The van der Waals surface area contributed by atoms with Gasteiger partial charge in [0.2, 0.25) is 9.84 Å². The number of nitrogens with zero attached hydrogens (tertiary/aromatic N) is 4. The third-order valence-corrected chi connectivity index (χ3v) is 6.15. The highest BCUT2D eigenvalue weighted by Crippen LogP contribution is 2.31. The summed E-state index contributed by atoms with van der Waals surface area (Å²) >= 11 is 0. The molecule has 0 aliphatic carbocycles. The molecular weight excluding hydrogens is 398 g/mol. The van der Waals surface area contributed by atoms with Crippen LogP contribution in [0.5, 0.6) is 0 Å². The Bertz CT molecular complexity index is 1050. The van der Waals surface area contributed by atoms with Crippen molar-refractivity contribution in [3.63, 3.8) is 0 Å². The maximum absolute atomic E-state index is 13.3. The topological polar surface area (TPSA) is 79.6 Å². The van der Waals surface area contributed by atoms with E-state index in [0.29, 0.717) is 11.5 Å². The number of rotatable bonds is 7. The molecule has 9 heteroatoms. The van der Waals surface area contributed by atoms with Gasteiger partial charge in [-0.05, 0) is 58.6 Å². The first-order chi connectivity index (χ1) is 12.8. The lowest BCUT2D eigenvalue weighted by molar-refractivity contribution is 0.399. The molecule has 0 aliphatic rings. The molecule has 0 radical (unpaired) electrons. The summed E-state index contributed by atoms with van der Waals surface area (Å²) in [6.45, 7) is 2.82. The Morgan fingerprint density at radius 3 is 2.46 bits per heavy atom. The maximum atomic E-state index is 13.3. The highest BCUT2D eigenvalue weighted by molar-refractivity contribution is 7.91. The highest BCUT2D eigenvalue weighted by Gasteiger charge is 2.29. The van der Waals surface area contributed by atoms with E-state index < -0.39 is 9.84 Å². The van der Waals surface area contributed by atoms with E-state index in [4.69, 9.17) is 0 Å². The highest BCUT2D eigenvalue weighted by atomic mass is 35.5. The van der Waals surface area contributed by atoms with Gasteiger partial charge >= 0.3 is 0 Å². The molecule has 0 saturated heterocycles. The molecule has 0 spiro atoms. The minimum absolute atomic E-state index is 0. The van der Waals surface area contributed by atoms with Gasteiger partial charge in [0, 0.05) is 18.4 Å². The van der Waals surface area contributed by atoms with Gasteiger partial charge in [0.1, 0.15) is 0 Å². The molecule has 7 nitrogen and oxygen atoms in total. The van der Waals surface area contributed by atoms with E-state index in [1.165, 1.54) is 0 Å². The van der Waals surface area contributed by atoms with Crippen LogP contribution in [0.3, 0.4) is 0 Å². The van der Waals surface area contributed by atoms with Crippen LogP contribution in [-0.2, 0) is 16.3 Å². The van der Waals surface area contributed by atoms with Crippen molar-refractivity contribution in [2.45, 2.75) is 29.6 Å². The average molecular weight is 424 g/mol. The Labute approximate surface area is 172 Å². The van der Waals surface area contributed by atoms with Crippen LogP contribution in [0.1, 0.15) is 17.8 Å². The Kier molecular flexibility index (Phi) is 7.03. The minimum Gasteiger partial charge on any atom is -0.370 e. The van der Waals surface area contributed by atoms with E-state index in [0.717, 1.165) is 30.8 Å². The van der Waals surface area contributed by atoms with Crippen molar-refractivity contribution < 1.29 is 8.42 Å². The summed E-state index contributed by atoms with van der Waals surface area (Å²) < 4.78 is 28.2. The molecule has 1 aromatic carbocycles. The molecule has 0 saturated carbocycles. The fourth-order valence-corrected chi connectivity index (χ4v) is 4.60. The summed E-state index contributed by atoms with van der Waals surface area (Å²) in [6.07, 6.45) is 1.73. The molecule has 0 aliphatic heterocycles. The van der Waals surface area contributed by atoms with Crippen molar-refractivity contribution in [2.24, 2.45) is 0 Å². The smallest absolute Gasteiger partial charge is 0.214 e. The van der Waals surface area contributed by atoms with Gasteiger partial charge in [-0.1, -0.05) is 18.2 Å². The number of sulfone groups is 1. The monoisotopic (exact) mass is 423 g/mol. The molecule has 152 valence electrons. The summed E-state index contributed by atoms with van der Waals surface area (Å²) in [7, 11) is 1.99. The number of hydrogen-bond donors (Lipinski definition) is 1. The van der Waals surface area contributed by atoms with Gasteiger partial charge in [-0.2, -0.15) is 0 Å². The maximum Gasteiger partial charge on any atom is 0.214 e. The van der Waals surface area contributed by atoms with E-state index >= 15 is 0 Å². The van der Waals surface area contributed by atoms with Gasteiger partial charge in [0.05, 0.1) is 4.90 Å². The van der Waals surface area contributed by atoms with Gasteiger partial charge in [-0.25, -0.2) is 17.9 Å². The fourth-order valence-electron chi connectivity index (χ4n) is 3.08. The number of aryl methyl sites for hydroxylation is 2. The lowest BCUT2D eigenvalue weighted by Crippen LogP contribution is -2.14. The van der Waals surface area contributed by atoms with Gasteiger partial charge in [0.25, 0.3) is 0 Å². The van der Waals surface area contributed by atoms with Gasteiger partial charge in [-0.3, -0.25) is 0 Å². The molecule has 28 heavy (non-hydrogen) atoms. The normalized spacial score (nSPS) is 11.6. The van der Waals surface area contributed by atoms with Crippen molar-refractivity contribution in [1.82, 2.24) is 19.5 Å². The summed E-state index contributed by atoms with van der Waals surface area (Å²) in [6, 6.07) is 10.4. The lowest BCUT2D eigenvalue weighted by Gasteiger charge is -2.10. The largest absolute Gasteiger partial charge is 0.370 e. The molecule has 3 aromatic rings. The van der Waals surface area contributed by atoms with Crippen LogP contribution in [0.4, 0.5) is 5.82 Å². The van der Waals surface area contributed by atoms with E-state index in [1.54, 1.807) is 41.9 Å². The van der Waals surface area contributed by atoms with Crippen molar-refractivity contribution in [2.75, 3.05) is 33.0 Å². The zero-order valence-electron chi connectivity index (χ0n) is 16.5. The number of fused-ring (bicyclic) bond motifs is 1. The zero-order valence-corrected chi connectivity index (χ0v) is 18.1. The van der Waals surface area contributed by atoms with Gasteiger partial charge in [0.15, 0.2) is 16.4 Å². The van der Waals surface area contributed by atoms with Crippen molar-refractivity contribution in [3.05, 3.63) is 47.8 Å². The van der Waals surface area contributed by atoms with Crippen molar-refractivity contribution in [3.8, 4) is 0 Å². The summed E-state index contributed by atoms with van der Waals surface area (Å²) in [5.74, 6) is 0.311. The molecule has 0 amide bonds. The van der Waals surface area contributed by atoms with Crippen LogP contribution in [0.15, 0.2) is 46.2 Å². The molecule has 2 aromatic heterocycles. The second-order valence-electron chi connectivity index (χ2n) is 6.78. The molecular formula is C19H26ClN5O2S. The third kappa shape index (κ3) is 4.29. The second-order valence-corrected chi connectivity index (χ2v) is 8.66.